The monoisotopic (exact) mass is 389 g/mol. The van der Waals surface area contributed by atoms with E-state index >= 15 is 0 Å². The van der Waals surface area contributed by atoms with E-state index in [1.54, 1.807) is 4.90 Å². The number of anilines is 1. The van der Waals surface area contributed by atoms with Crippen LogP contribution in [0.3, 0.4) is 0 Å². The van der Waals surface area contributed by atoms with Gasteiger partial charge < -0.3 is 9.64 Å². The lowest BCUT2D eigenvalue weighted by atomic mass is 10.1. The van der Waals surface area contributed by atoms with Crippen molar-refractivity contribution in [2.24, 2.45) is 5.92 Å². The van der Waals surface area contributed by atoms with Gasteiger partial charge >= 0.3 is 5.97 Å². The molecule has 29 heavy (non-hydrogen) atoms. The van der Waals surface area contributed by atoms with Gasteiger partial charge in [0, 0.05) is 18.7 Å². The Balaban J connectivity index is 1.41. The van der Waals surface area contributed by atoms with Crippen molar-refractivity contribution in [3.63, 3.8) is 0 Å². The van der Waals surface area contributed by atoms with Gasteiger partial charge in [-0.25, -0.2) is 9.97 Å². The van der Waals surface area contributed by atoms with E-state index in [1.165, 1.54) is 5.56 Å². The highest BCUT2D eigenvalue weighted by Crippen LogP contribution is 2.26. The topological polar surface area (TPSA) is 72.4 Å². The number of esters is 1. The molecule has 1 fully saturated rings. The third-order valence-electron chi connectivity index (χ3n) is 5.31. The van der Waals surface area contributed by atoms with Crippen LogP contribution in [0.2, 0.25) is 0 Å². The Hall–Kier alpha value is -3.28. The molecule has 2 heterocycles. The van der Waals surface area contributed by atoms with Crippen LogP contribution in [0.5, 0.6) is 0 Å². The number of amides is 1. The molecule has 0 aliphatic carbocycles. The van der Waals surface area contributed by atoms with Gasteiger partial charge in [0.2, 0.25) is 5.91 Å². The van der Waals surface area contributed by atoms with Gasteiger partial charge in [-0.1, -0.05) is 31.2 Å². The molecule has 148 valence electrons. The minimum atomic E-state index is -0.470. The number of benzene rings is 2. The van der Waals surface area contributed by atoms with Gasteiger partial charge in [0.1, 0.15) is 6.61 Å². The number of fused-ring (bicyclic) bond motifs is 1. The lowest BCUT2D eigenvalue weighted by molar-refractivity contribution is -0.149. The molecule has 0 unspecified atom stereocenters. The highest BCUT2D eigenvalue weighted by atomic mass is 16.5. The van der Waals surface area contributed by atoms with E-state index in [2.05, 4.69) is 16.9 Å². The van der Waals surface area contributed by atoms with Crippen molar-refractivity contribution in [1.29, 1.82) is 0 Å². The summed E-state index contributed by atoms with van der Waals surface area (Å²) in [6.45, 7) is 4.33. The van der Waals surface area contributed by atoms with Gasteiger partial charge in [0.15, 0.2) is 0 Å². The molecule has 0 spiro atoms. The molecule has 6 heteroatoms. The van der Waals surface area contributed by atoms with Crippen molar-refractivity contribution < 1.29 is 14.3 Å². The molecular formula is C23H23N3O3. The summed E-state index contributed by atoms with van der Waals surface area (Å²) in [7, 11) is 0. The summed E-state index contributed by atoms with van der Waals surface area (Å²) < 4.78 is 5.49. The molecule has 2 aromatic carbocycles. The van der Waals surface area contributed by atoms with Crippen LogP contribution in [0.1, 0.15) is 30.3 Å². The fraction of sp³-hybridized carbons (Fsp3) is 0.304. The zero-order valence-corrected chi connectivity index (χ0v) is 16.6. The Morgan fingerprint density at radius 2 is 1.79 bits per heavy atom. The highest BCUT2D eigenvalue weighted by molar-refractivity contribution is 5.99. The zero-order valence-electron chi connectivity index (χ0n) is 16.6. The largest absolute Gasteiger partial charge is 0.459 e. The van der Waals surface area contributed by atoms with Crippen molar-refractivity contribution in [3.05, 3.63) is 65.5 Å². The number of aryl methyl sites for hydroxylation is 2. The number of nitrogens with zero attached hydrogens (tertiary/aromatic N) is 3. The first-order valence-electron chi connectivity index (χ1n) is 9.83. The van der Waals surface area contributed by atoms with Crippen molar-refractivity contribution in [2.75, 3.05) is 11.4 Å². The predicted molar refractivity (Wildman–Crippen MR) is 110 cm³/mol. The second-order valence-corrected chi connectivity index (χ2v) is 7.28. The summed E-state index contributed by atoms with van der Waals surface area (Å²) in [5.41, 5.74) is 4.97. The summed E-state index contributed by atoms with van der Waals surface area (Å²) in [5, 5.41) is 0. The first-order valence-corrected chi connectivity index (χ1v) is 9.83. The Morgan fingerprint density at radius 1 is 1.10 bits per heavy atom. The number of carbonyl (C=O) groups excluding carboxylic acids is 2. The van der Waals surface area contributed by atoms with Crippen molar-refractivity contribution in [2.45, 2.75) is 33.3 Å². The fourth-order valence-electron chi connectivity index (χ4n) is 3.55. The average molecular weight is 389 g/mol. The summed E-state index contributed by atoms with van der Waals surface area (Å²) in [5.74, 6) is -0.902. The molecule has 1 aromatic heterocycles. The number of ether oxygens (including phenoxy) is 1. The maximum absolute atomic E-state index is 12.6. The van der Waals surface area contributed by atoms with Gasteiger partial charge in [-0.3, -0.25) is 9.59 Å². The van der Waals surface area contributed by atoms with E-state index in [0.717, 1.165) is 28.8 Å². The van der Waals surface area contributed by atoms with Crippen LogP contribution in [0.25, 0.3) is 11.0 Å². The molecule has 1 aliphatic heterocycles. The lowest BCUT2D eigenvalue weighted by Crippen LogP contribution is -2.26. The molecule has 0 N–H and O–H groups in total. The number of para-hydroxylation sites is 2. The van der Waals surface area contributed by atoms with E-state index in [0.29, 0.717) is 12.2 Å². The quantitative estimate of drug-likeness (QED) is 0.624. The predicted octanol–water partition coefficient (Wildman–Crippen LogP) is 3.60. The number of aromatic nitrogens is 2. The lowest BCUT2D eigenvalue weighted by Gasteiger charge is -2.17. The van der Waals surface area contributed by atoms with Gasteiger partial charge in [0.25, 0.3) is 0 Å². The van der Waals surface area contributed by atoms with Gasteiger partial charge in [-0.15, -0.1) is 0 Å². The Bertz CT molecular complexity index is 1060. The van der Waals surface area contributed by atoms with Crippen LogP contribution in [-0.2, 0) is 27.4 Å². The SMILES string of the molecule is CCc1ccc(N2C[C@@H](C(=O)OCc3nc4ccccc4nc3C)CC2=O)cc1. The van der Waals surface area contributed by atoms with Crippen molar-refractivity contribution >= 4 is 28.6 Å². The third kappa shape index (κ3) is 3.97. The second-order valence-electron chi connectivity index (χ2n) is 7.28. The summed E-state index contributed by atoms with van der Waals surface area (Å²) in [6.07, 6.45) is 1.11. The molecule has 0 radical (unpaired) electrons. The van der Waals surface area contributed by atoms with Crippen molar-refractivity contribution in [1.82, 2.24) is 9.97 Å². The van der Waals surface area contributed by atoms with Gasteiger partial charge in [-0.2, -0.15) is 0 Å². The normalized spacial score (nSPS) is 16.4. The maximum atomic E-state index is 12.6. The minimum absolute atomic E-state index is 0.0540. The molecule has 1 atom stereocenters. The molecule has 1 amide bonds. The summed E-state index contributed by atoms with van der Waals surface area (Å²) in [4.78, 5) is 35.7. The molecule has 3 aromatic rings. The van der Waals surface area contributed by atoms with E-state index in [-0.39, 0.29) is 24.9 Å². The third-order valence-corrected chi connectivity index (χ3v) is 5.31. The number of rotatable bonds is 5. The fourth-order valence-corrected chi connectivity index (χ4v) is 3.55. The van der Waals surface area contributed by atoms with E-state index in [9.17, 15) is 9.59 Å². The molecule has 6 nitrogen and oxygen atoms in total. The van der Waals surface area contributed by atoms with E-state index in [1.807, 2.05) is 55.5 Å². The number of carbonyl (C=O) groups is 2. The molecule has 0 bridgehead atoms. The Labute approximate surface area is 169 Å². The van der Waals surface area contributed by atoms with E-state index < -0.39 is 5.92 Å². The van der Waals surface area contributed by atoms with Crippen molar-refractivity contribution in [3.8, 4) is 0 Å². The molecule has 1 saturated heterocycles. The van der Waals surface area contributed by atoms with E-state index in [4.69, 9.17) is 4.74 Å². The smallest absolute Gasteiger partial charge is 0.311 e. The van der Waals surface area contributed by atoms with Crippen LogP contribution in [0.4, 0.5) is 5.69 Å². The van der Waals surface area contributed by atoms with Crippen LogP contribution >= 0.6 is 0 Å². The number of hydrogen-bond donors (Lipinski definition) is 0. The van der Waals surface area contributed by atoms with Gasteiger partial charge in [0.05, 0.1) is 28.3 Å². The van der Waals surface area contributed by atoms with Crippen LogP contribution in [0, 0.1) is 12.8 Å². The molecule has 4 rings (SSSR count). The first kappa shape index (κ1) is 19.1. The highest BCUT2D eigenvalue weighted by Gasteiger charge is 2.36. The molecule has 0 saturated carbocycles. The minimum Gasteiger partial charge on any atom is -0.459 e. The average Bonchev–Trinajstić information content (AvgIpc) is 3.13. The maximum Gasteiger partial charge on any atom is 0.311 e. The molecular weight excluding hydrogens is 366 g/mol. The van der Waals surface area contributed by atoms with Crippen LogP contribution in [-0.4, -0.2) is 28.4 Å². The zero-order chi connectivity index (χ0) is 20.4. The summed E-state index contributed by atoms with van der Waals surface area (Å²) >= 11 is 0. The standard InChI is InChI=1S/C23H23N3O3/c1-3-16-8-10-18(11-9-16)26-13-17(12-22(26)27)23(28)29-14-21-15(2)24-19-6-4-5-7-20(19)25-21/h4-11,17H,3,12-14H2,1-2H3/t17-/m0/s1. The Kier molecular flexibility index (Phi) is 5.25. The van der Waals surface area contributed by atoms with Crippen LogP contribution in [0.15, 0.2) is 48.5 Å². The van der Waals surface area contributed by atoms with Crippen LogP contribution < -0.4 is 4.90 Å². The second kappa shape index (κ2) is 7.99. The van der Waals surface area contributed by atoms with Gasteiger partial charge in [-0.05, 0) is 43.2 Å². The first-order chi connectivity index (χ1) is 14.0. The Morgan fingerprint density at radius 3 is 2.48 bits per heavy atom. The number of hydrogen-bond acceptors (Lipinski definition) is 5. The summed E-state index contributed by atoms with van der Waals surface area (Å²) in [6, 6.07) is 15.5. The molecule has 1 aliphatic rings.